The first-order valence-corrected chi connectivity index (χ1v) is 9.36. The minimum absolute atomic E-state index is 0.0451. The number of aromatic nitrogens is 1. The average molecular weight is 332 g/mol. The highest BCUT2D eigenvalue weighted by Gasteiger charge is 2.31. The second-order valence-corrected chi connectivity index (χ2v) is 7.73. The van der Waals surface area contributed by atoms with Crippen LogP contribution in [0.1, 0.15) is 47.8 Å². The van der Waals surface area contributed by atoms with Crippen LogP contribution in [0.25, 0.3) is 0 Å². The fourth-order valence-corrected chi connectivity index (χ4v) is 3.83. The van der Waals surface area contributed by atoms with Crippen LogP contribution in [0.15, 0.2) is 10.6 Å². The summed E-state index contributed by atoms with van der Waals surface area (Å²) in [5.74, 6) is 2.16. The summed E-state index contributed by atoms with van der Waals surface area (Å²) in [4.78, 5) is 19.5. The highest BCUT2D eigenvalue weighted by Crippen LogP contribution is 2.40. The Morgan fingerprint density at radius 1 is 1.12 bits per heavy atom. The molecule has 6 nitrogen and oxygen atoms in total. The molecule has 1 saturated carbocycles. The first-order valence-electron chi connectivity index (χ1n) is 9.36. The summed E-state index contributed by atoms with van der Waals surface area (Å²) in [5.41, 5.74) is 0.495. The van der Waals surface area contributed by atoms with E-state index in [1.54, 1.807) is 0 Å². The van der Waals surface area contributed by atoms with Crippen LogP contribution in [-0.2, 0) is 0 Å². The summed E-state index contributed by atoms with van der Waals surface area (Å²) >= 11 is 0. The normalized spacial score (nSPS) is 24.5. The van der Waals surface area contributed by atoms with Gasteiger partial charge < -0.3 is 19.2 Å². The van der Waals surface area contributed by atoms with E-state index in [4.69, 9.17) is 4.52 Å². The summed E-state index contributed by atoms with van der Waals surface area (Å²) in [5, 5.41) is 3.99. The van der Waals surface area contributed by atoms with Crippen molar-refractivity contribution in [2.75, 3.05) is 52.9 Å². The van der Waals surface area contributed by atoms with Crippen molar-refractivity contribution in [2.24, 2.45) is 5.92 Å². The maximum atomic E-state index is 12.6. The van der Waals surface area contributed by atoms with Crippen LogP contribution in [0, 0.1) is 5.92 Å². The smallest absolute Gasteiger partial charge is 0.276 e. The van der Waals surface area contributed by atoms with Gasteiger partial charge >= 0.3 is 0 Å². The Labute approximate surface area is 143 Å². The zero-order chi connectivity index (χ0) is 16.5. The van der Waals surface area contributed by atoms with Gasteiger partial charge in [0.1, 0.15) is 5.76 Å². The van der Waals surface area contributed by atoms with Gasteiger partial charge in [0.05, 0.1) is 0 Å². The van der Waals surface area contributed by atoms with Crippen LogP contribution in [0.3, 0.4) is 0 Å². The van der Waals surface area contributed by atoms with Crippen LogP contribution < -0.4 is 0 Å². The van der Waals surface area contributed by atoms with Crippen molar-refractivity contribution in [2.45, 2.75) is 31.6 Å². The second-order valence-electron chi connectivity index (χ2n) is 7.73. The van der Waals surface area contributed by atoms with Gasteiger partial charge in [0.15, 0.2) is 5.69 Å². The van der Waals surface area contributed by atoms with Gasteiger partial charge in [-0.3, -0.25) is 4.79 Å². The average Bonchev–Trinajstić information content (AvgIpc) is 3.34. The van der Waals surface area contributed by atoms with E-state index in [9.17, 15) is 4.79 Å². The number of carbonyl (C=O) groups is 1. The first kappa shape index (κ1) is 16.1. The van der Waals surface area contributed by atoms with Crippen molar-refractivity contribution >= 4 is 5.91 Å². The number of carbonyl (C=O) groups excluding carboxylic acids is 1. The van der Waals surface area contributed by atoms with Crippen LogP contribution in [0.2, 0.25) is 0 Å². The zero-order valence-corrected chi connectivity index (χ0v) is 14.6. The van der Waals surface area contributed by atoms with E-state index < -0.39 is 0 Å². The van der Waals surface area contributed by atoms with Crippen LogP contribution in [-0.4, -0.2) is 78.6 Å². The van der Waals surface area contributed by atoms with E-state index in [1.807, 2.05) is 11.0 Å². The Morgan fingerprint density at radius 2 is 1.83 bits per heavy atom. The third kappa shape index (κ3) is 3.64. The molecule has 4 rings (SSSR count). The Hall–Kier alpha value is -1.40. The van der Waals surface area contributed by atoms with E-state index in [-0.39, 0.29) is 5.91 Å². The van der Waals surface area contributed by atoms with Gasteiger partial charge in [-0.1, -0.05) is 5.16 Å². The Morgan fingerprint density at radius 3 is 2.50 bits per heavy atom. The largest absolute Gasteiger partial charge is 0.360 e. The number of hydrogen-bond acceptors (Lipinski definition) is 5. The van der Waals surface area contributed by atoms with E-state index in [0.29, 0.717) is 11.6 Å². The molecule has 0 atom stereocenters. The van der Waals surface area contributed by atoms with Crippen molar-refractivity contribution in [1.29, 1.82) is 0 Å². The van der Waals surface area contributed by atoms with E-state index in [0.717, 1.165) is 37.6 Å². The summed E-state index contributed by atoms with van der Waals surface area (Å²) in [6.07, 6.45) is 4.54. The van der Waals surface area contributed by atoms with Crippen LogP contribution >= 0.6 is 0 Å². The molecule has 0 bridgehead atoms. The monoisotopic (exact) mass is 332 g/mol. The molecular formula is C18H28N4O2. The molecule has 1 aromatic rings. The molecule has 0 unspecified atom stereocenters. The minimum atomic E-state index is 0.0451. The van der Waals surface area contributed by atoms with Gasteiger partial charge in [-0.2, -0.15) is 0 Å². The third-order valence-corrected chi connectivity index (χ3v) is 5.74. The number of piperazine rings is 1. The van der Waals surface area contributed by atoms with E-state index >= 15 is 0 Å². The highest BCUT2D eigenvalue weighted by molar-refractivity contribution is 5.92. The predicted molar refractivity (Wildman–Crippen MR) is 91.0 cm³/mol. The molecule has 0 radical (unpaired) electrons. The topological polar surface area (TPSA) is 52.8 Å². The molecule has 3 heterocycles. The van der Waals surface area contributed by atoms with Gasteiger partial charge in [-0.15, -0.1) is 0 Å². The van der Waals surface area contributed by atoms with Gasteiger partial charge in [0.2, 0.25) is 0 Å². The molecule has 0 aromatic carbocycles. The Balaban J connectivity index is 1.25. The molecular weight excluding hydrogens is 304 g/mol. The molecule has 132 valence electrons. The summed E-state index contributed by atoms with van der Waals surface area (Å²) in [6, 6.07) is 1.86. The third-order valence-electron chi connectivity index (χ3n) is 5.74. The number of hydrogen-bond donors (Lipinski definition) is 0. The first-order chi connectivity index (χ1) is 11.7. The van der Waals surface area contributed by atoms with Gasteiger partial charge in [0.25, 0.3) is 5.91 Å². The van der Waals surface area contributed by atoms with Gasteiger partial charge in [-0.05, 0) is 38.6 Å². The lowest BCUT2D eigenvalue weighted by Gasteiger charge is -2.37. The Bertz CT molecular complexity index is 567. The van der Waals surface area contributed by atoms with E-state index in [1.165, 1.54) is 45.6 Å². The molecule has 2 saturated heterocycles. The lowest BCUT2D eigenvalue weighted by Crippen LogP contribution is -2.48. The standard InChI is InChI=1S/C18H28N4O2/c1-20-8-10-21(11-9-20)13-14-4-6-22(7-5-14)18(23)16-12-17(24-19-16)15-2-3-15/h12,14-15H,2-11,13H2,1H3. The number of piperidine rings is 1. The van der Waals surface area contributed by atoms with Crippen LogP contribution in [0.4, 0.5) is 0 Å². The predicted octanol–water partition coefficient (Wildman–Crippen LogP) is 1.65. The fraction of sp³-hybridized carbons (Fsp3) is 0.778. The Kier molecular flexibility index (Phi) is 4.59. The molecule has 2 aliphatic heterocycles. The summed E-state index contributed by atoms with van der Waals surface area (Å²) < 4.78 is 5.32. The minimum Gasteiger partial charge on any atom is -0.360 e. The van der Waals surface area contributed by atoms with Crippen molar-refractivity contribution in [3.63, 3.8) is 0 Å². The molecule has 24 heavy (non-hydrogen) atoms. The quantitative estimate of drug-likeness (QED) is 0.839. The molecule has 0 spiro atoms. The number of nitrogens with zero attached hydrogens (tertiary/aromatic N) is 4. The highest BCUT2D eigenvalue weighted by atomic mass is 16.5. The fourth-order valence-electron chi connectivity index (χ4n) is 3.83. The lowest BCUT2D eigenvalue weighted by molar-refractivity contribution is 0.0634. The lowest BCUT2D eigenvalue weighted by atomic mass is 9.95. The molecule has 1 aliphatic carbocycles. The molecule has 1 aromatic heterocycles. The number of amides is 1. The molecule has 1 amide bonds. The zero-order valence-electron chi connectivity index (χ0n) is 14.6. The van der Waals surface area contributed by atoms with Gasteiger partial charge in [0, 0.05) is 57.8 Å². The molecule has 6 heteroatoms. The molecule has 0 N–H and O–H groups in total. The van der Waals surface area contributed by atoms with E-state index in [2.05, 4.69) is 22.0 Å². The number of rotatable bonds is 4. The maximum Gasteiger partial charge on any atom is 0.276 e. The summed E-state index contributed by atoms with van der Waals surface area (Å²) in [7, 11) is 2.19. The number of likely N-dealkylation sites (N-methyl/N-ethyl adjacent to an activating group) is 1. The van der Waals surface area contributed by atoms with Crippen molar-refractivity contribution in [3.05, 3.63) is 17.5 Å². The van der Waals surface area contributed by atoms with Crippen molar-refractivity contribution in [3.8, 4) is 0 Å². The molecule has 3 aliphatic rings. The SMILES string of the molecule is CN1CCN(CC2CCN(C(=O)c3cc(C4CC4)on3)CC2)CC1. The molecule has 3 fully saturated rings. The summed E-state index contributed by atoms with van der Waals surface area (Å²) in [6.45, 7) is 7.59. The van der Waals surface area contributed by atoms with Gasteiger partial charge in [-0.25, -0.2) is 0 Å². The van der Waals surface area contributed by atoms with Crippen LogP contribution in [0.5, 0.6) is 0 Å². The number of likely N-dealkylation sites (tertiary alicyclic amines) is 1. The van der Waals surface area contributed by atoms with Crippen molar-refractivity contribution < 1.29 is 9.32 Å². The van der Waals surface area contributed by atoms with Crippen molar-refractivity contribution in [1.82, 2.24) is 19.9 Å². The second kappa shape index (κ2) is 6.84. The maximum absolute atomic E-state index is 12.6.